The maximum Gasteiger partial charge on any atom is 0.122 e. The van der Waals surface area contributed by atoms with E-state index in [9.17, 15) is 0 Å². The minimum atomic E-state index is 0.807. The Kier molecular flexibility index (Phi) is 2.85. The van der Waals surface area contributed by atoms with Crippen molar-refractivity contribution in [1.82, 2.24) is 4.98 Å². The molecule has 0 saturated carbocycles. The first-order chi connectivity index (χ1) is 8.81. The Morgan fingerprint density at radius 2 is 2.11 bits per heavy atom. The van der Waals surface area contributed by atoms with Gasteiger partial charge in [-0.2, -0.15) is 0 Å². The van der Waals surface area contributed by atoms with Crippen molar-refractivity contribution < 1.29 is 4.74 Å². The Morgan fingerprint density at radius 1 is 1.17 bits per heavy atom. The first kappa shape index (κ1) is 11.0. The van der Waals surface area contributed by atoms with Gasteiger partial charge in [-0.05, 0) is 48.4 Å². The molecule has 1 aliphatic rings. The molecule has 0 N–H and O–H groups in total. The van der Waals surface area contributed by atoms with Crippen LogP contribution >= 0.6 is 0 Å². The number of fused-ring (bicyclic) bond motifs is 1. The molecule has 3 rings (SSSR count). The number of rotatable bonds is 2. The molecule has 90 valence electrons. The van der Waals surface area contributed by atoms with Crippen molar-refractivity contribution in [3.05, 3.63) is 58.9 Å². The van der Waals surface area contributed by atoms with Crippen molar-refractivity contribution in [3.8, 4) is 5.75 Å². The van der Waals surface area contributed by atoms with Gasteiger partial charge in [-0.25, -0.2) is 0 Å². The van der Waals surface area contributed by atoms with Gasteiger partial charge in [0.15, 0.2) is 0 Å². The summed E-state index contributed by atoms with van der Waals surface area (Å²) in [5.41, 5.74) is 4.53. The van der Waals surface area contributed by atoms with E-state index < -0.39 is 0 Å². The summed E-state index contributed by atoms with van der Waals surface area (Å²) in [6, 6.07) is 12.4. The molecule has 0 bridgehead atoms. The summed E-state index contributed by atoms with van der Waals surface area (Å²) in [7, 11) is 0. The molecule has 0 unspecified atom stereocenters. The Morgan fingerprint density at radius 3 is 3.00 bits per heavy atom. The monoisotopic (exact) mass is 237 g/mol. The lowest BCUT2D eigenvalue weighted by Gasteiger charge is -2.00. The van der Waals surface area contributed by atoms with E-state index in [1.54, 1.807) is 0 Å². The largest absolute Gasteiger partial charge is 0.493 e. The molecule has 2 heterocycles. The Labute approximate surface area is 107 Å². The molecule has 2 heteroatoms. The average molecular weight is 237 g/mol. The van der Waals surface area contributed by atoms with E-state index in [-0.39, 0.29) is 0 Å². The molecular formula is C16H15NO. The second-order valence-corrected chi connectivity index (χ2v) is 4.50. The molecule has 0 aliphatic carbocycles. The molecule has 18 heavy (non-hydrogen) atoms. The molecule has 0 atom stereocenters. The van der Waals surface area contributed by atoms with Crippen molar-refractivity contribution in [2.45, 2.75) is 13.3 Å². The van der Waals surface area contributed by atoms with Gasteiger partial charge in [0.25, 0.3) is 0 Å². The van der Waals surface area contributed by atoms with E-state index in [2.05, 4.69) is 23.2 Å². The first-order valence-electron chi connectivity index (χ1n) is 6.19. The van der Waals surface area contributed by atoms with Crippen LogP contribution in [0.3, 0.4) is 0 Å². The second kappa shape index (κ2) is 4.65. The van der Waals surface area contributed by atoms with Crippen LogP contribution in [0.5, 0.6) is 5.75 Å². The van der Waals surface area contributed by atoms with Crippen LogP contribution in [0.25, 0.3) is 12.2 Å². The quantitative estimate of drug-likeness (QED) is 0.797. The maximum absolute atomic E-state index is 5.50. The van der Waals surface area contributed by atoms with Gasteiger partial charge in [0, 0.05) is 12.1 Å². The Bertz CT molecular complexity index is 602. The zero-order valence-corrected chi connectivity index (χ0v) is 10.4. The number of hydrogen-bond acceptors (Lipinski definition) is 2. The number of nitrogens with zero attached hydrogens (tertiary/aromatic N) is 1. The SMILES string of the molecule is Cc1cccc(/C=C/c2ccc3c(c2)CCO3)n1. The first-order valence-corrected chi connectivity index (χ1v) is 6.19. The topological polar surface area (TPSA) is 22.1 Å². The summed E-state index contributed by atoms with van der Waals surface area (Å²) in [6.07, 6.45) is 5.16. The predicted molar refractivity (Wildman–Crippen MR) is 73.5 cm³/mol. The standard InChI is InChI=1S/C16H15NO/c1-12-3-2-4-15(17-12)7-5-13-6-8-16-14(11-13)9-10-18-16/h2-8,11H,9-10H2,1H3/b7-5+. The Hall–Kier alpha value is -2.09. The van der Waals surface area contributed by atoms with Gasteiger partial charge in [-0.15, -0.1) is 0 Å². The van der Waals surface area contributed by atoms with Gasteiger partial charge >= 0.3 is 0 Å². The van der Waals surface area contributed by atoms with Gasteiger partial charge in [0.2, 0.25) is 0 Å². The fourth-order valence-corrected chi connectivity index (χ4v) is 2.15. The summed E-state index contributed by atoms with van der Waals surface area (Å²) >= 11 is 0. The molecule has 0 amide bonds. The minimum Gasteiger partial charge on any atom is -0.493 e. The summed E-state index contributed by atoms with van der Waals surface area (Å²) in [4.78, 5) is 4.45. The smallest absolute Gasteiger partial charge is 0.122 e. The highest BCUT2D eigenvalue weighted by Crippen LogP contribution is 2.26. The Balaban J connectivity index is 1.84. The van der Waals surface area contributed by atoms with E-state index in [4.69, 9.17) is 4.74 Å². The highest BCUT2D eigenvalue weighted by molar-refractivity contribution is 5.69. The van der Waals surface area contributed by atoms with Crippen LogP contribution in [0.1, 0.15) is 22.5 Å². The van der Waals surface area contributed by atoms with Crippen LogP contribution in [0.2, 0.25) is 0 Å². The lowest BCUT2D eigenvalue weighted by atomic mass is 10.1. The highest BCUT2D eigenvalue weighted by Gasteiger charge is 2.10. The van der Waals surface area contributed by atoms with Crippen LogP contribution in [-0.2, 0) is 6.42 Å². The van der Waals surface area contributed by atoms with Gasteiger partial charge < -0.3 is 4.74 Å². The van der Waals surface area contributed by atoms with Gasteiger partial charge in [0.05, 0.1) is 12.3 Å². The number of ether oxygens (including phenoxy) is 1. The maximum atomic E-state index is 5.50. The zero-order valence-electron chi connectivity index (χ0n) is 10.4. The lowest BCUT2D eigenvalue weighted by Crippen LogP contribution is -1.85. The van der Waals surface area contributed by atoms with Crippen molar-refractivity contribution >= 4 is 12.2 Å². The third-order valence-electron chi connectivity index (χ3n) is 3.07. The number of pyridine rings is 1. The zero-order chi connectivity index (χ0) is 12.4. The van der Waals surface area contributed by atoms with Crippen LogP contribution in [-0.4, -0.2) is 11.6 Å². The van der Waals surface area contributed by atoms with E-state index in [1.165, 1.54) is 11.1 Å². The van der Waals surface area contributed by atoms with E-state index in [1.807, 2.05) is 37.3 Å². The van der Waals surface area contributed by atoms with Gasteiger partial charge in [-0.3, -0.25) is 4.98 Å². The van der Waals surface area contributed by atoms with Gasteiger partial charge in [-0.1, -0.05) is 18.2 Å². The van der Waals surface area contributed by atoms with Crippen molar-refractivity contribution in [2.75, 3.05) is 6.61 Å². The van der Waals surface area contributed by atoms with E-state index in [0.29, 0.717) is 0 Å². The molecule has 2 nitrogen and oxygen atoms in total. The molecular weight excluding hydrogens is 222 g/mol. The summed E-state index contributed by atoms with van der Waals surface area (Å²) < 4.78 is 5.50. The summed E-state index contributed by atoms with van der Waals surface area (Å²) in [6.45, 7) is 2.81. The van der Waals surface area contributed by atoms with Gasteiger partial charge in [0.1, 0.15) is 5.75 Å². The van der Waals surface area contributed by atoms with Crippen molar-refractivity contribution in [2.24, 2.45) is 0 Å². The second-order valence-electron chi connectivity index (χ2n) is 4.50. The molecule has 0 spiro atoms. The number of hydrogen-bond donors (Lipinski definition) is 0. The minimum absolute atomic E-state index is 0.807. The molecule has 2 aromatic rings. The van der Waals surface area contributed by atoms with Crippen LogP contribution in [0.15, 0.2) is 36.4 Å². The highest BCUT2D eigenvalue weighted by atomic mass is 16.5. The summed E-state index contributed by atoms with van der Waals surface area (Å²) in [5, 5.41) is 0. The number of benzene rings is 1. The average Bonchev–Trinajstić information content (AvgIpc) is 2.84. The normalized spacial score (nSPS) is 13.6. The van der Waals surface area contributed by atoms with Crippen LogP contribution in [0.4, 0.5) is 0 Å². The molecule has 1 aromatic heterocycles. The number of aryl methyl sites for hydroxylation is 1. The molecule has 0 fully saturated rings. The predicted octanol–water partition coefficient (Wildman–Crippen LogP) is 3.50. The van der Waals surface area contributed by atoms with Crippen LogP contribution < -0.4 is 4.74 Å². The third kappa shape index (κ3) is 2.28. The fourth-order valence-electron chi connectivity index (χ4n) is 2.15. The summed E-state index contributed by atoms with van der Waals surface area (Å²) in [5.74, 6) is 1.03. The van der Waals surface area contributed by atoms with Crippen LogP contribution in [0, 0.1) is 6.92 Å². The fraction of sp³-hybridized carbons (Fsp3) is 0.188. The molecule has 1 aromatic carbocycles. The van der Waals surface area contributed by atoms with E-state index >= 15 is 0 Å². The molecule has 1 aliphatic heterocycles. The molecule has 0 radical (unpaired) electrons. The third-order valence-corrected chi connectivity index (χ3v) is 3.07. The van der Waals surface area contributed by atoms with E-state index in [0.717, 1.165) is 30.2 Å². The molecule has 0 saturated heterocycles. The van der Waals surface area contributed by atoms with Crippen molar-refractivity contribution in [1.29, 1.82) is 0 Å². The number of aromatic nitrogens is 1. The van der Waals surface area contributed by atoms with Crippen molar-refractivity contribution in [3.63, 3.8) is 0 Å². The lowest BCUT2D eigenvalue weighted by molar-refractivity contribution is 0.357.